The third kappa shape index (κ3) is 5.62. The minimum Gasteiger partial charge on any atom is -0.492 e. The number of alkyl halides is 3. The van der Waals surface area contributed by atoms with E-state index < -0.39 is 29.8 Å². The number of ether oxygens (including phenoxy) is 1. The third-order valence-electron chi connectivity index (χ3n) is 3.55. The number of amides is 1. The molecule has 0 saturated heterocycles. The molecule has 140 valence electrons. The Balaban J connectivity index is 1.92. The lowest BCUT2D eigenvalue weighted by Gasteiger charge is -2.18. The van der Waals surface area contributed by atoms with Crippen LogP contribution >= 0.6 is 15.9 Å². The van der Waals surface area contributed by atoms with Crippen molar-refractivity contribution in [2.45, 2.75) is 12.7 Å². The van der Waals surface area contributed by atoms with E-state index in [0.717, 1.165) is 15.1 Å². The molecule has 0 aliphatic heterocycles. The minimum absolute atomic E-state index is 0.210. The average Bonchev–Trinajstić information content (AvgIpc) is 2.57. The van der Waals surface area contributed by atoms with Gasteiger partial charge in [0.15, 0.2) is 0 Å². The second kappa shape index (κ2) is 8.39. The molecule has 1 amide bonds. The van der Waals surface area contributed by atoms with E-state index in [1.165, 1.54) is 11.9 Å². The number of nitrogens with zero attached hydrogens (tertiary/aromatic N) is 2. The molecule has 0 bridgehead atoms. The maximum Gasteiger partial charge on any atom is 0.417 e. The van der Waals surface area contributed by atoms with Crippen LogP contribution in [0.2, 0.25) is 0 Å². The number of aromatic nitrogens is 1. The summed E-state index contributed by atoms with van der Waals surface area (Å²) in [7, 11) is 1.49. The molecule has 1 aromatic carbocycles. The molecule has 0 aliphatic rings. The molecule has 1 heterocycles. The Morgan fingerprint density at radius 3 is 2.46 bits per heavy atom. The molecule has 0 aliphatic carbocycles. The van der Waals surface area contributed by atoms with Gasteiger partial charge in [0.2, 0.25) is 5.91 Å². The first-order valence-corrected chi connectivity index (χ1v) is 8.36. The second-order valence-corrected chi connectivity index (χ2v) is 6.42. The fourth-order valence-corrected chi connectivity index (χ4v) is 2.31. The Labute approximate surface area is 156 Å². The van der Waals surface area contributed by atoms with Gasteiger partial charge in [0.1, 0.15) is 18.9 Å². The number of carbonyl (C=O) groups is 1. The quantitative estimate of drug-likeness (QED) is 0.704. The first-order valence-electron chi connectivity index (χ1n) is 7.57. The summed E-state index contributed by atoms with van der Waals surface area (Å²) in [6.45, 7) is -0.0402. The van der Waals surface area contributed by atoms with Crippen molar-refractivity contribution in [1.82, 2.24) is 9.47 Å². The van der Waals surface area contributed by atoms with Crippen LogP contribution in [0, 0.1) is 0 Å². The van der Waals surface area contributed by atoms with Crippen molar-refractivity contribution in [3.05, 3.63) is 63.0 Å². The topological polar surface area (TPSA) is 51.5 Å². The van der Waals surface area contributed by atoms with Crippen LogP contribution in [0.15, 0.2) is 51.9 Å². The fourth-order valence-electron chi connectivity index (χ4n) is 2.04. The molecule has 0 radical (unpaired) electrons. The van der Waals surface area contributed by atoms with Crippen LogP contribution < -0.4 is 10.3 Å². The van der Waals surface area contributed by atoms with Gasteiger partial charge >= 0.3 is 6.18 Å². The molecular weight excluding hydrogens is 417 g/mol. The van der Waals surface area contributed by atoms with Gasteiger partial charge in [-0.3, -0.25) is 9.59 Å². The van der Waals surface area contributed by atoms with Crippen molar-refractivity contribution >= 4 is 21.8 Å². The van der Waals surface area contributed by atoms with Gasteiger partial charge < -0.3 is 14.2 Å². The Hall–Kier alpha value is -2.29. The predicted octanol–water partition coefficient (Wildman–Crippen LogP) is 3.17. The lowest BCUT2D eigenvalue weighted by Crippen LogP contribution is -2.36. The van der Waals surface area contributed by atoms with Crippen LogP contribution in [0.25, 0.3) is 0 Å². The van der Waals surface area contributed by atoms with Crippen molar-refractivity contribution < 1.29 is 22.7 Å². The second-order valence-electron chi connectivity index (χ2n) is 5.50. The van der Waals surface area contributed by atoms with Crippen LogP contribution in [0.1, 0.15) is 5.56 Å². The van der Waals surface area contributed by atoms with Gasteiger partial charge in [-0.15, -0.1) is 0 Å². The number of hydrogen-bond acceptors (Lipinski definition) is 3. The Bertz CT molecular complexity index is 819. The number of rotatable bonds is 6. The standard InChI is InChI=1S/C17H16BrF3N2O3/c1-22(8-9-26-14-5-3-13(18)4-6-14)16(25)11-23-10-12(17(19,20)21)2-7-15(23)24/h2-7,10H,8-9,11H2,1H3. The van der Waals surface area contributed by atoms with Crippen LogP contribution in [-0.4, -0.2) is 35.6 Å². The van der Waals surface area contributed by atoms with E-state index >= 15 is 0 Å². The lowest BCUT2D eigenvalue weighted by atomic mass is 10.2. The molecule has 0 unspecified atom stereocenters. The Kier molecular flexibility index (Phi) is 6.47. The predicted molar refractivity (Wildman–Crippen MR) is 93.0 cm³/mol. The maximum atomic E-state index is 12.7. The van der Waals surface area contributed by atoms with Crippen molar-refractivity contribution in [2.24, 2.45) is 0 Å². The lowest BCUT2D eigenvalue weighted by molar-refractivity contribution is -0.138. The van der Waals surface area contributed by atoms with Crippen LogP contribution in [-0.2, 0) is 17.5 Å². The molecule has 0 atom stereocenters. The number of benzene rings is 1. The van der Waals surface area contributed by atoms with Gasteiger partial charge in [0.25, 0.3) is 5.56 Å². The number of pyridine rings is 1. The van der Waals surface area contributed by atoms with E-state index in [4.69, 9.17) is 4.74 Å². The van der Waals surface area contributed by atoms with E-state index in [1.807, 2.05) is 12.1 Å². The summed E-state index contributed by atoms with van der Waals surface area (Å²) in [5.41, 5.74) is -1.66. The normalized spacial score (nSPS) is 11.3. The highest BCUT2D eigenvalue weighted by molar-refractivity contribution is 9.10. The molecule has 26 heavy (non-hydrogen) atoms. The van der Waals surface area contributed by atoms with E-state index in [1.54, 1.807) is 12.1 Å². The highest BCUT2D eigenvalue weighted by Crippen LogP contribution is 2.28. The van der Waals surface area contributed by atoms with E-state index in [-0.39, 0.29) is 13.2 Å². The molecule has 9 heteroatoms. The maximum absolute atomic E-state index is 12.7. The zero-order valence-corrected chi connectivity index (χ0v) is 15.4. The van der Waals surface area contributed by atoms with Gasteiger partial charge in [-0.1, -0.05) is 15.9 Å². The highest BCUT2D eigenvalue weighted by atomic mass is 79.9. The van der Waals surface area contributed by atoms with Crippen LogP contribution in [0.3, 0.4) is 0 Å². The smallest absolute Gasteiger partial charge is 0.417 e. The number of halogens is 4. The number of hydrogen-bond donors (Lipinski definition) is 0. The molecule has 0 fully saturated rings. The summed E-state index contributed by atoms with van der Waals surface area (Å²) in [4.78, 5) is 25.1. The summed E-state index contributed by atoms with van der Waals surface area (Å²) in [5.74, 6) is 0.133. The van der Waals surface area contributed by atoms with Crippen molar-refractivity contribution in [3.8, 4) is 5.75 Å². The summed E-state index contributed by atoms with van der Waals surface area (Å²) < 4.78 is 45.3. The number of likely N-dealkylation sites (N-methyl/N-ethyl adjacent to an activating group) is 1. The zero-order valence-electron chi connectivity index (χ0n) is 13.8. The molecule has 5 nitrogen and oxygen atoms in total. The van der Waals surface area contributed by atoms with Gasteiger partial charge in [-0.25, -0.2) is 0 Å². The molecule has 0 N–H and O–H groups in total. The summed E-state index contributed by atoms with van der Waals surface area (Å²) in [6, 6.07) is 8.63. The first kappa shape index (κ1) is 20.0. The van der Waals surface area contributed by atoms with Crippen molar-refractivity contribution in [1.29, 1.82) is 0 Å². The monoisotopic (exact) mass is 432 g/mol. The molecular formula is C17H16BrF3N2O3. The molecule has 2 rings (SSSR count). The summed E-state index contributed by atoms with van der Waals surface area (Å²) in [5, 5.41) is 0. The van der Waals surface area contributed by atoms with Crippen LogP contribution in [0.4, 0.5) is 13.2 Å². The molecule has 0 saturated carbocycles. The molecule has 0 spiro atoms. The van der Waals surface area contributed by atoms with Crippen molar-refractivity contribution in [3.63, 3.8) is 0 Å². The van der Waals surface area contributed by atoms with E-state index in [0.29, 0.717) is 18.0 Å². The first-order chi connectivity index (χ1) is 12.2. The largest absolute Gasteiger partial charge is 0.492 e. The highest BCUT2D eigenvalue weighted by Gasteiger charge is 2.31. The average molecular weight is 433 g/mol. The third-order valence-corrected chi connectivity index (χ3v) is 4.08. The minimum atomic E-state index is -4.58. The van der Waals surface area contributed by atoms with Gasteiger partial charge in [0.05, 0.1) is 12.1 Å². The van der Waals surface area contributed by atoms with E-state index in [2.05, 4.69) is 15.9 Å². The summed E-state index contributed by atoms with van der Waals surface area (Å²) in [6.07, 6.45) is -3.94. The fraction of sp³-hybridized carbons (Fsp3) is 0.294. The van der Waals surface area contributed by atoms with Gasteiger partial charge in [-0.05, 0) is 30.3 Å². The Morgan fingerprint density at radius 1 is 1.19 bits per heavy atom. The SMILES string of the molecule is CN(CCOc1ccc(Br)cc1)C(=O)Cn1cc(C(F)(F)F)ccc1=O. The molecule has 1 aromatic heterocycles. The molecule has 2 aromatic rings. The van der Waals surface area contributed by atoms with Gasteiger partial charge in [0, 0.05) is 23.8 Å². The Morgan fingerprint density at radius 2 is 1.85 bits per heavy atom. The van der Waals surface area contributed by atoms with Crippen LogP contribution in [0.5, 0.6) is 5.75 Å². The summed E-state index contributed by atoms with van der Waals surface area (Å²) >= 11 is 3.30. The number of carbonyl (C=O) groups excluding carboxylic acids is 1. The van der Waals surface area contributed by atoms with Crippen molar-refractivity contribution in [2.75, 3.05) is 20.2 Å². The van der Waals surface area contributed by atoms with E-state index in [9.17, 15) is 22.8 Å². The van der Waals surface area contributed by atoms with Gasteiger partial charge in [-0.2, -0.15) is 13.2 Å². The zero-order chi connectivity index (χ0) is 19.3.